The average Bonchev–Trinajstić information content (AvgIpc) is 2.23. The molecule has 1 amide bonds. The lowest BCUT2D eigenvalue weighted by molar-refractivity contribution is 0.0897. The van der Waals surface area contributed by atoms with Crippen LogP contribution in [0.15, 0.2) is 4.79 Å². The lowest BCUT2D eigenvalue weighted by atomic mass is 10.00. The van der Waals surface area contributed by atoms with E-state index < -0.39 is 17.0 Å². The van der Waals surface area contributed by atoms with Crippen LogP contribution in [0.4, 0.5) is 0 Å². The number of H-pyrrole nitrogens is 1. The van der Waals surface area contributed by atoms with Crippen molar-refractivity contribution < 1.29 is 9.90 Å². The molecule has 0 bridgehead atoms. The zero-order chi connectivity index (χ0) is 13.9. The number of carbonyl (C=O) groups excluding carboxylic acids is 1. The monoisotopic (exact) mass is 253 g/mol. The summed E-state index contributed by atoms with van der Waals surface area (Å²) < 4.78 is 0. The smallest absolute Gasteiger partial charge is 0.277 e. The molecule has 0 aliphatic carbocycles. The third kappa shape index (κ3) is 3.16. The predicted molar refractivity (Wildman–Crippen MR) is 67.6 cm³/mol. The largest absolute Gasteiger partial charge is 0.396 e. The Labute approximate surface area is 105 Å². The van der Waals surface area contributed by atoms with Gasteiger partial charge in [0.15, 0.2) is 0 Å². The van der Waals surface area contributed by atoms with Crippen LogP contribution in [-0.4, -0.2) is 33.4 Å². The first-order chi connectivity index (χ1) is 8.28. The minimum atomic E-state index is -0.568. The minimum absolute atomic E-state index is 0.0298. The number of rotatable bonds is 4. The van der Waals surface area contributed by atoms with Crippen molar-refractivity contribution in [1.29, 1.82) is 0 Å². The Kier molecular flexibility index (Phi) is 4.24. The SMILES string of the molecule is Cc1n[nH]c(=O)c(C(=O)NC(C)(C)CCO)c1C. The van der Waals surface area contributed by atoms with Gasteiger partial charge >= 0.3 is 0 Å². The molecule has 6 heteroatoms. The van der Waals surface area contributed by atoms with Gasteiger partial charge in [-0.3, -0.25) is 9.59 Å². The fraction of sp³-hybridized carbons (Fsp3) is 0.583. The van der Waals surface area contributed by atoms with E-state index in [1.807, 2.05) is 0 Å². The second-order valence-corrected chi connectivity index (χ2v) is 4.95. The molecule has 0 aliphatic heterocycles. The number of nitrogens with zero attached hydrogens (tertiary/aromatic N) is 1. The van der Waals surface area contributed by atoms with Gasteiger partial charge in [-0.05, 0) is 39.7 Å². The van der Waals surface area contributed by atoms with Gasteiger partial charge in [0.2, 0.25) is 0 Å². The van der Waals surface area contributed by atoms with E-state index in [0.717, 1.165) is 0 Å². The number of aromatic amines is 1. The second-order valence-electron chi connectivity index (χ2n) is 4.95. The van der Waals surface area contributed by atoms with Crippen LogP contribution in [-0.2, 0) is 0 Å². The Balaban J connectivity index is 3.06. The highest BCUT2D eigenvalue weighted by molar-refractivity contribution is 5.95. The van der Waals surface area contributed by atoms with Crippen LogP contribution in [0.1, 0.15) is 41.9 Å². The molecule has 0 unspecified atom stereocenters. The summed E-state index contributed by atoms with van der Waals surface area (Å²) in [5, 5.41) is 17.7. The molecule has 0 atom stereocenters. The molecular formula is C12H19N3O3. The van der Waals surface area contributed by atoms with Gasteiger partial charge in [0.1, 0.15) is 5.56 Å². The molecule has 3 N–H and O–H groups in total. The fourth-order valence-corrected chi connectivity index (χ4v) is 1.61. The van der Waals surface area contributed by atoms with E-state index in [1.165, 1.54) is 0 Å². The molecule has 1 aromatic heterocycles. The summed E-state index contributed by atoms with van der Waals surface area (Å²) in [5.74, 6) is -0.447. The standard InChI is InChI=1S/C12H19N3O3/c1-7-8(2)14-15-11(18)9(7)10(17)13-12(3,4)5-6-16/h16H,5-6H2,1-4H3,(H,13,17)(H,15,18). The first-order valence-electron chi connectivity index (χ1n) is 5.78. The predicted octanol–water partition coefficient (Wildman–Crippen LogP) is 0.278. The molecule has 100 valence electrons. The zero-order valence-corrected chi connectivity index (χ0v) is 11.1. The van der Waals surface area contributed by atoms with Crippen molar-refractivity contribution in [1.82, 2.24) is 15.5 Å². The summed E-state index contributed by atoms with van der Waals surface area (Å²) >= 11 is 0. The van der Waals surface area contributed by atoms with Crippen LogP contribution in [0.2, 0.25) is 0 Å². The number of aromatic nitrogens is 2. The topological polar surface area (TPSA) is 95.1 Å². The number of aliphatic hydroxyl groups is 1. The van der Waals surface area contributed by atoms with Gasteiger partial charge in [-0.1, -0.05) is 0 Å². The van der Waals surface area contributed by atoms with Crippen LogP contribution in [0.25, 0.3) is 0 Å². The molecule has 0 radical (unpaired) electrons. The lowest BCUT2D eigenvalue weighted by Crippen LogP contribution is -2.46. The molecular weight excluding hydrogens is 234 g/mol. The quantitative estimate of drug-likeness (QED) is 0.718. The summed E-state index contributed by atoms with van der Waals surface area (Å²) in [5.41, 5.74) is 0.182. The van der Waals surface area contributed by atoms with E-state index in [2.05, 4.69) is 15.5 Å². The molecule has 1 rings (SSSR count). The molecule has 0 aromatic carbocycles. The fourth-order valence-electron chi connectivity index (χ4n) is 1.61. The normalized spacial score (nSPS) is 11.4. The number of nitrogens with one attached hydrogen (secondary N) is 2. The highest BCUT2D eigenvalue weighted by Crippen LogP contribution is 2.10. The van der Waals surface area contributed by atoms with E-state index in [0.29, 0.717) is 17.7 Å². The van der Waals surface area contributed by atoms with Crippen LogP contribution in [0.3, 0.4) is 0 Å². The number of hydrogen-bond donors (Lipinski definition) is 3. The van der Waals surface area contributed by atoms with E-state index in [9.17, 15) is 9.59 Å². The first-order valence-corrected chi connectivity index (χ1v) is 5.78. The highest BCUT2D eigenvalue weighted by Gasteiger charge is 2.24. The lowest BCUT2D eigenvalue weighted by Gasteiger charge is -2.25. The van der Waals surface area contributed by atoms with Crippen LogP contribution >= 0.6 is 0 Å². The van der Waals surface area contributed by atoms with Gasteiger partial charge in [-0.25, -0.2) is 5.10 Å². The van der Waals surface area contributed by atoms with Crippen LogP contribution in [0.5, 0.6) is 0 Å². The number of amides is 1. The van der Waals surface area contributed by atoms with Gasteiger partial charge < -0.3 is 10.4 Å². The summed E-state index contributed by atoms with van der Waals surface area (Å²) in [6.07, 6.45) is 0.416. The molecule has 1 aromatic rings. The summed E-state index contributed by atoms with van der Waals surface area (Å²) in [7, 11) is 0. The minimum Gasteiger partial charge on any atom is -0.396 e. The molecule has 18 heavy (non-hydrogen) atoms. The molecule has 1 heterocycles. The number of hydrogen-bond acceptors (Lipinski definition) is 4. The van der Waals surface area contributed by atoms with Crippen molar-refractivity contribution in [2.24, 2.45) is 0 Å². The number of carbonyl (C=O) groups is 1. The van der Waals surface area contributed by atoms with Crippen molar-refractivity contribution in [2.75, 3.05) is 6.61 Å². The van der Waals surface area contributed by atoms with Crippen LogP contribution < -0.4 is 10.9 Å². The van der Waals surface area contributed by atoms with Gasteiger partial charge in [0.25, 0.3) is 11.5 Å². The third-order valence-corrected chi connectivity index (χ3v) is 2.89. The Morgan fingerprint density at radius 3 is 2.61 bits per heavy atom. The van der Waals surface area contributed by atoms with E-state index in [4.69, 9.17) is 5.11 Å². The molecule has 0 spiro atoms. The van der Waals surface area contributed by atoms with Crippen molar-refractivity contribution in [2.45, 2.75) is 39.7 Å². The maximum Gasteiger partial charge on any atom is 0.277 e. The molecule has 6 nitrogen and oxygen atoms in total. The van der Waals surface area contributed by atoms with Crippen molar-refractivity contribution >= 4 is 5.91 Å². The van der Waals surface area contributed by atoms with Crippen molar-refractivity contribution in [3.63, 3.8) is 0 Å². The van der Waals surface area contributed by atoms with Gasteiger partial charge in [-0.15, -0.1) is 0 Å². The molecule has 0 saturated heterocycles. The highest BCUT2D eigenvalue weighted by atomic mass is 16.3. The molecule has 0 fully saturated rings. The molecule has 0 saturated carbocycles. The second kappa shape index (κ2) is 5.30. The molecule has 0 aliphatic rings. The number of aryl methyl sites for hydroxylation is 1. The summed E-state index contributed by atoms with van der Waals surface area (Å²) in [4.78, 5) is 23.7. The van der Waals surface area contributed by atoms with Crippen molar-refractivity contribution in [3.05, 3.63) is 27.2 Å². The summed E-state index contributed by atoms with van der Waals surface area (Å²) in [6.45, 7) is 6.96. The van der Waals surface area contributed by atoms with E-state index in [-0.39, 0.29) is 12.2 Å². The Morgan fingerprint density at radius 1 is 1.44 bits per heavy atom. The van der Waals surface area contributed by atoms with Crippen LogP contribution in [0, 0.1) is 13.8 Å². The Morgan fingerprint density at radius 2 is 2.06 bits per heavy atom. The average molecular weight is 253 g/mol. The van der Waals surface area contributed by atoms with E-state index >= 15 is 0 Å². The maximum absolute atomic E-state index is 12.1. The van der Waals surface area contributed by atoms with Gasteiger partial charge in [0, 0.05) is 12.1 Å². The first kappa shape index (κ1) is 14.4. The maximum atomic E-state index is 12.1. The van der Waals surface area contributed by atoms with Crippen molar-refractivity contribution in [3.8, 4) is 0 Å². The zero-order valence-electron chi connectivity index (χ0n) is 11.1. The Bertz CT molecular complexity index is 506. The van der Waals surface area contributed by atoms with Gasteiger partial charge in [0.05, 0.1) is 5.69 Å². The third-order valence-electron chi connectivity index (χ3n) is 2.89. The van der Waals surface area contributed by atoms with Gasteiger partial charge in [-0.2, -0.15) is 5.10 Å². The van der Waals surface area contributed by atoms with E-state index in [1.54, 1.807) is 27.7 Å². The number of aliphatic hydroxyl groups excluding tert-OH is 1. The summed E-state index contributed by atoms with van der Waals surface area (Å²) in [6, 6.07) is 0. The Hall–Kier alpha value is -1.69.